The van der Waals surface area contributed by atoms with Crippen LogP contribution in [0.15, 0.2) is 24.3 Å². The quantitative estimate of drug-likeness (QED) is 0.536. The zero-order chi connectivity index (χ0) is 25.2. The average molecular weight is 485 g/mol. The smallest absolute Gasteiger partial charge is 0.251 e. The van der Waals surface area contributed by atoms with Gasteiger partial charge in [-0.3, -0.25) is 14.5 Å². The third-order valence-electron chi connectivity index (χ3n) is 8.22. The number of rotatable bonds is 9. The van der Waals surface area contributed by atoms with Crippen LogP contribution in [0.1, 0.15) is 44.0 Å². The highest BCUT2D eigenvalue weighted by Gasteiger charge is 2.49. The Bertz CT molecular complexity index is 910. The summed E-state index contributed by atoms with van der Waals surface area (Å²) >= 11 is 0. The number of Topliss-reactive ketones (excluding diaryl/α,β-unsaturated/α-hetero) is 1. The maximum absolute atomic E-state index is 13.0. The summed E-state index contributed by atoms with van der Waals surface area (Å²) < 4.78 is 5.77. The van der Waals surface area contributed by atoms with E-state index in [1.165, 1.54) is 0 Å². The lowest BCUT2D eigenvalue weighted by atomic mass is 9.81. The summed E-state index contributed by atoms with van der Waals surface area (Å²) in [5.74, 6) is 0.278. The fourth-order valence-electron chi connectivity index (χ4n) is 5.57. The number of piperazine rings is 1. The van der Waals surface area contributed by atoms with Gasteiger partial charge in [-0.05, 0) is 62.0 Å². The molecule has 0 aliphatic carbocycles. The molecule has 1 aromatic rings. The van der Waals surface area contributed by atoms with Gasteiger partial charge < -0.3 is 24.6 Å². The van der Waals surface area contributed by atoms with Crippen molar-refractivity contribution in [1.29, 1.82) is 0 Å². The molecule has 0 bridgehead atoms. The molecule has 4 rings (SSSR count). The Morgan fingerprint density at radius 1 is 1.20 bits per heavy atom. The summed E-state index contributed by atoms with van der Waals surface area (Å²) in [5.41, 5.74) is 1.20. The lowest BCUT2D eigenvalue weighted by Gasteiger charge is -2.34. The second-order valence-electron chi connectivity index (χ2n) is 11.0. The van der Waals surface area contributed by atoms with Crippen LogP contribution in [0.3, 0.4) is 0 Å². The highest BCUT2D eigenvalue weighted by molar-refractivity contribution is 5.96. The predicted molar refractivity (Wildman–Crippen MR) is 136 cm³/mol. The zero-order valence-electron chi connectivity index (χ0n) is 21.5. The number of carbonyl (C=O) groups excluding carboxylic acids is 3. The van der Waals surface area contributed by atoms with Crippen molar-refractivity contribution in [3.8, 4) is 0 Å². The first kappa shape index (κ1) is 25.8. The van der Waals surface area contributed by atoms with Crippen molar-refractivity contribution in [2.45, 2.75) is 51.8 Å². The summed E-state index contributed by atoms with van der Waals surface area (Å²) in [6, 6.07) is 6.84. The number of nitrogens with zero attached hydrogens (tertiary/aromatic N) is 3. The normalized spacial score (nSPS) is 26.6. The molecule has 3 fully saturated rings. The van der Waals surface area contributed by atoms with E-state index in [1.807, 2.05) is 38.1 Å². The summed E-state index contributed by atoms with van der Waals surface area (Å²) in [5, 5.41) is 2.94. The van der Waals surface area contributed by atoms with Crippen molar-refractivity contribution < 1.29 is 19.1 Å². The van der Waals surface area contributed by atoms with E-state index in [-0.39, 0.29) is 30.4 Å². The number of ketones is 1. The van der Waals surface area contributed by atoms with Crippen LogP contribution in [0.4, 0.5) is 5.69 Å². The number of amides is 1. The van der Waals surface area contributed by atoms with Crippen molar-refractivity contribution in [1.82, 2.24) is 15.1 Å². The topological polar surface area (TPSA) is 82.2 Å². The Balaban J connectivity index is 1.34. The van der Waals surface area contributed by atoms with Crippen molar-refractivity contribution in [3.05, 3.63) is 29.8 Å². The summed E-state index contributed by atoms with van der Waals surface area (Å²) in [6.45, 7) is 11.9. The number of hydrogen-bond acceptors (Lipinski definition) is 7. The lowest BCUT2D eigenvalue weighted by molar-refractivity contribution is -0.121. The molecule has 35 heavy (non-hydrogen) atoms. The second kappa shape index (κ2) is 10.8. The molecular weight excluding hydrogens is 444 g/mol. The van der Waals surface area contributed by atoms with Crippen LogP contribution in [-0.4, -0.2) is 98.9 Å². The summed E-state index contributed by atoms with van der Waals surface area (Å²) in [7, 11) is 2.13. The van der Waals surface area contributed by atoms with E-state index in [0.717, 1.165) is 51.1 Å². The molecule has 1 N–H and O–H groups in total. The molecule has 4 atom stereocenters. The van der Waals surface area contributed by atoms with Crippen LogP contribution in [0, 0.1) is 11.3 Å². The number of nitrogens with one attached hydrogen (secondary N) is 1. The monoisotopic (exact) mass is 484 g/mol. The van der Waals surface area contributed by atoms with Gasteiger partial charge >= 0.3 is 0 Å². The van der Waals surface area contributed by atoms with Gasteiger partial charge in [0.2, 0.25) is 0 Å². The number of anilines is 1. The first-order valence-corrected chi connectivity index (χ1v) is 12.9. The van der Waals surface area contributed by atoms with Crippen LogP contribution >= 0.6 is 0 Å². The minimum Gasteiger partial charge on any atom is -0.369 e. The van der Waals surface area contributed by atoms with Gasteiger partial charge in [0.15, 0.2) is 5.78 Å². The Hall–Kier alpha value is -2.29. The van der Waals surface area contributed by atoms with E-state index in [9.17, 15) is 14.4 Å². The van der Waals surface area contributed by atoms with E-state index >= 15 is 0 Å². The van der Waals surface area contributed by atoms with Crippen molar-refractivity contribution >= 4 is 23.7 Å². The Morgan fingerprint density at radius 2 is 1.89 bits per heavy atom. The number of likely N-dealkylation sites (tertiary alicyclic amines) is 1. The van der Waals surface area contributed by atoms with Crippen LogP contribution in [0.5, 0.6) is 0 Å². The third kappa shape index (κ3) is 5.60. The molecule has 0 unspecified atom stereocenters. The Labute approximate surface area is 209 Å². The van der Waals surface area contributed by atoms with Crippen LogP contribution < -0.4 is 10.2 Å². The molecule has 3 saturated heterocycles. The minimum atomic E-state index is -0.622. The number of carbonyl (C=O) groups is 3. The average Bonchev–Trinajstić information content (AvgIpc) is 3.41. The van der Waals surface area contributed by atoms with Gasteiger partial charge in [-0.25, -0.2) is 0 Å². The number of likely N-dealkylation sites (N-methyl/N-ethyl adjacent to an activating group) is 1. The van der Waals surface area contributed by atoms with Gasteiger partial charge in [0, 0.05) is 44.0 Å². The number of benzene rings is 1. The third-order valence-corrected chi connectivity index (χ3v) is 8.22. The second-order valence-corrected chi connectivity index (χ2v) is 11.0. The van der Waals surface area contributed by atoms with Crippen molar-refractivity contribution in [3.63, 3.8) is 0 Å². The maximum atomic E-state index is 13.0. The first-order chi connectivity index (χ1) is 16.7. The molecule has 0 radical (unpaired) electrons. The SMILES string of the molecule is CC[C@H]1CN(CCC(C)(C)[C@@H](C=O)NC(=O)c2ccc(N3CCN(C)CC3)cc2)[C@@H]2C(=O)CO[C@H]12. The van der Waals surface area contributed by atoms with Crippen molar-refractivity contribution in [2.75, 3.05) is 57.8 Å². The molecule has 8 heteroatoms. The molecule has 0 aromatic heterocycles. The minimum absolute atomic E-state index is 0.00833. The highest BCUT2D eigenvalue weighted by Crippen LogP contribution is 2.35. The van der Waals surface area contributed by atoms with Crippen LogP contribution in [-0.2, 0) is 14.3 Å². The van der Waals surface area contributed by atoms with E-state index in [4.69, 9.17) is 4.74 Å². The molecule has 0 saturated carbocycles. The lowest BCUT2D eigenvalue weighted by Crippen LogP contribution is -2.48. The fraction of sp³-hybridized carbons (Fsp3) is 0.667. The molecule has 1 aromatic carbocycles. The molecule has 3 heterocycles. The Morgan fingerprint density at radius 3 is 2.51 bits per heavy atom. The van der Waals surface area contributed by atoms with E-state index in [1.54, 1.807) is 0 Å². The maximum Gasteiger partial charge on any atom is 0.251 e. The summed E-state index contributed by atoms with van der Waals surface area (Å²) in [6.07, 6.45) is 2.49. The van der Waals surface area contributed by atoms with Gasteiger partial charge in [0.25, 0.3) is 5.91 Å². The molecular formula is C27H40N4O4. The van der Waals surface area contributed by atoms with Gasteiger partial charge in [-0.15, -0.1) is 0 Å². The molecule has 192 valence electrons. The molecule has 3 aliphatic heterocycles. The molecule has 3 aliphatic rings. The van der Waals surface area contributed by atoms with Gasteiger partial charge in [0.05, 0.1) is 18.2 Å². The highest BCUT2D eigenvalue weighted by atomic mass is 16.5. The number of fused-ring (bicyclic) bond motifs is 1. The van der Waals surface area contributed by atoms with E-state index in [0.29, 0.717) is 24.4 Å². The number of ether oxygens (including phenoxy) is 1. The van der Waals surface area contributed by atoms with Gasteiger partial charge in [0.1, 0.15) is 12.9 Å². The number of hydrogen-bond donors (Lipinski definition) is 1. The predicted octanol–water partition coefficient (Wildman–Crippen LogP) is 1.83. The van der Waals surface area contributed by atoms with E-state index < -0.39 is 11.5 Å². The molecule has 1 amide bonds. The van der Waals surface area contributed by atoms with E-state index in [2.05, 4.69) is 34.0 Å². The largest absolute Gasteiger partial charge is 0.369 e. The zero-order valence-corrected chi connectivity index (χ0v) is 21.5. The standard InChI is InChI=1S/C27H40N4O4/c1-5-19-16-31(24-22(33)18-35-25(19)24)11-10-27(2,3)23(17-32)28-26(34)20-6-8-21(9-7-20)30-14-12-29(4)13-15-30/h6-9,17,19,23-25H,5,10-16,18H2,1-4H3,(H,28,34)/t19-,23+,24+,25+/m0/s1. The van der Waals surface area contributed by atoms with Crippen LogP contribution in [0.25, 0.3) is 0 Å². The van der Waals surface area contributed by atoms with Gasteiger partial charge in [-0.1, -0.05) is 20.8 Å². The fourth-order valence-corrected chi connectivity index (χ4v) is 5.57. The Kier molecular flexibility index (Phi) is 7.93. The number of aldehydes is 1. The van der Waals surface area contributed by atoms with Gasteiger partial charge in [-0.2, -0.15) is 0 Å². The van der Waals surface area contributed by atoms with Crippen LogP contribution in [0.2, 0.25) is 0 Å². The molecule has 0 spiro atoms. The summed E-state index contributed by atoms with van der Waals surface area (Å²) in [4.78, 5) is 44.2. The molecule has 8 nitrogen and oxygen atoms in total. The van der Waals surface area contributed by atoms with Crippen molar-refractivity contribution in [2.24, 2.45) is 11.3 Å². The first-order valence-electron chi connectivity index (χ1n) is 12.9.